The van der Waals surface area contributed by atoms with E-state index < -0.39 is 5.41 Å². The monoisotopic (exact) mass is 276 g/mol. The Balaban J connectivity index is 1.88. The summed E-state index contributed by atoms with van der Waals surface area (Å²) < 4.78 is 0. The normalized spacial score (nSPS) is 22.8. The van der Waals surface area contributed by atoms with Crippen LogP contribution in [0, 0.1) is 19.3 Å². The van der Waals surface area contributed by atoms with Crippen molar-refractivity contribution in [2.24, 2.45) is 5.41 Å². The van der Waals surface area contributed by atoms with Crippen LogP contribution < -0.4 is 0 Å². The summed E-state index contributed by atoms with van der Waals surface area (Å²) in [5.41, 5.74) is 4.81. The Kier molecular flexibility index (Phi) is 2.33. The third-order valence-electron chi connectivity index (χ3n) is 4.95. The number of benzene rings is 2. The summed E-state index contributed by atoms with van der Waals surface area (Å²) in [6, 6.07) is 11.8. The van der Waals surface area contributed by atoms with Crippen LogP contribution in [0.1, 0.15) is 43.0 Å². The second-order valence-electron chi connectivity index (χ2n) is 6.36. The fourth-order valence-electron chi connectivity index (χ4n) is 3.93. The van der Waals surface area contributed by atoms with E-state index in [1.807, 2.05) is 50.2 Å². The Labute approximate surface area is 123 Å². The molecule has 2 nitrogen and oxygen atoms in total. The lowest BCUT2D eigenvalue weighted by atomic mass is 9.79. The van der Waals surface area contributed by atoms with Gasteiger partial charge in [-0.05, 0) is 43.4 Å². The van der Waals surface area contributed by atoms with E-state index in [1.165, 1.54) is 0 Å². The molecule has 0 saturated carbocycles. The van der Waals surface area contributed by atoms with Gasteiger partial charge in [0.1, 0.15) is 5.41 Å². The Morgan fingerprint density at radius 1 is 0.905 bits per heavy atom. The van der Waals surface area contributed by atoms with Gasteiger partial charge >= 0.3 is 0 Å². The molecule has 0 amide bonds. The average Bonchev–Trinajstić information content (AvgIpc) is 2.88. The highest BCUT2D eigenvalue weighted by molar-refractivity contribution is 6.25. The summed E-state index contributed by atoms with van der Waals surface area (Å²) in [7, 11) is 0. The smallest absolute Gasteiger partial charge is 0.177 e. The van der Waals surface area contributed by atoms with Crippen molar-refractivity contribution in [3.05, 3.63) is 69.8 Å². The van der Waals surface area contributed by atoms with Gasteiger partial charge in [-0.1, -0.05) is 42.0 Å². The molecule has 0 radical (unpaired) electrons. The van der Waals surface area contributed by atoms with E-state index in [1.54, 1.807) is 0 Å². The zero-order valence-corrected chi connectivity index (χ0v) is 12.2. The molecule has 0 saturated heterocycles. The lowest BCUT2D eigenvalue weighted by Crippen LogP contribution is -2.34. The van der Waals surface area contributed by atoms with E-state index in [2.05, 4.69) is 0 Å². The third-order valence-corrected chi connectivity index (χ3v) is 4.95. The van der Waals surface area contributed by atoms with Gasteiger partial charge < -0.3 is 0 Å². The number of hydrogen-bond acceptors (Lipinski definition) is 2. The Hall–Kier alpha value is -2.22. The first-order valence-corrected chi connectivity index (χ1v) is 7.30. The summed E-state index contributed by atoms with van der Waals surface area (Å²) in [5.74, 6) is 0.0348. The van der Waals surface area contributed by atoms with Crippen LogP contribution >= 0.6 is 0 Å². The summed E-state index contributed by atoms with van der Waals surface area (Å²) in [6.45, 7) is 3.97. The third kappa shape index (κ3) is 1.48. The standard InChI is InChI=1S/C19H16O2/c1-11-6-7-15-14(8-11)10-19(17(15)20)9-13-5-3-4-12(2)16(13)18(19)21/h3-8H,9-10H2,1-2H3. The molecule has 0 heterocycles. The molecule has 1 unspecified atom stereocenters. The predicted molar refractivity (Wildman–Crippen MR) is 80.9 cm³/mol. The fourth-order valence-corrected chi connectivity index (χ4v) is 3.93. The van der Waals surface area contributed by atoms with Crippen molar-refractivity contribution < 1.29 is 9.59 Å². The zero-order chi connectivity index (χ0) is 14.8. The van der Waals surface area contributed by atoms with Crippen LogP contribution in [0.2, 0.25) is 0 Å². The topological polar surface area (TPSA) is 34.1 Å². The maximum absolute atomic E-state index is 13.0. The average molecular weight is 276 g/mol. The van der Waals surface area contributed by atoms with Crippen LogP contribution in [0.25, 0.3) is 0 Å². The molecule has 0 aliphatic heterocycles. The quantitative estimate of drug-likeness (QED) is 0.690. The van der Waals surface area contributed by atoms with Gasteiger partial charge in [0.15, 0.2) is 11.6 Å². The van der Waals surface area contributed by atoms with Crippen molar-refractivity contribution in [3.8, 4) is 0 Å². The highest BCUT2D eigenvalue weighted by Crippen LogP contribution is 2.47. The number of fused-ring (bicyclic) bond motifs is 2. The van der Waals surface area contributed by atoms with Gasteiger partial charge in [-0.2, -0.15) is 0 Å². The molecular weight excluding hydrogens is 260 g/mol. The van der Waals surface area contributed by atoms with E-state index in [0.717, 1.165) is 33.4 Å². The molecule has 2 aromatic rings. The maximum Gasteiger partial charge on any atom is 0.177 e. The number of carbonyl (C=O) groups is 2. The number of Topliss-reactive ketones (excluding diaryl/α,β-unsaturated/α-hetero) is 2. The Bertz CT molecular complexity index is 816. The predicted octanol–water partition coefficient (Wildman–Crippen LogP) is 3.47. The fraction of sp³-hybridized carbons (Fsp3) is 0.263. The highest BCUT2D eigenvalue weighted by atomic mass is 16.2. The van der Waals surface area contributed by atoms with Crippen LogP contribution in [0.15, 0.2) is 36.4 Å². The van der Waals surface area contributed by atoms with Crippen LogP contribution in [-0.2, 0) is 12.8 Å². The highest BCUT2D eigenvalue weighted by Gasteiger charge is 2.55. The first kappa shape index (κ1) is 12.5. The van der Waals surface area contributed by atoms with Gasteiger partial charge in [-0.25, -0.2) is 0 Å². The molecule has 1 atom stereocenters. The second-order valence-corrected chi connectivity index (χ2v) is 6.36. The van der Waals surface area contributed by atoms with Gasteiger partial charge in [-0.3, -0.25) is 9.59 Å². The number of aryl methyl sites for hydroxylation is 2. The first-order chi connectivity index (χ1) is 10.0. The van der Waals surface area contributed by atoms with Crippen molar-refractivity contribution in [2.75, 3.05) is 0 Å². The number of ketones is 2. The molecule has 21 heavy (non-hydrogen) atoms. The number of rotatable bonds is 0. The zero-order valence-electron chi connectivity index (χ0n) is 12.2. The molecule has 2 aliphatic carbocycles. The molecular formula is C19H16O2. The number of hydrogen-bond donors (Lipinski definition) is 0. The minimum Gasteiger partial charge on any atom is -0.293 e. The molecule has 0 bridgehead atoms. The molecule has 2 heteroatoms. The maximum atomic E-state index is 13.0. The van der Waals surface area contributed by atoms with Crippen molar-refractivity contribution in [3.63, 3.8) is 0 Å². The molecule has 2 aliphatic rings. The molecule has 0 aromatic heterocycles. The van der Waals surface area contributed by atoms with Crippen molar-refractivity contribution in [1.29, 1.82) is 0 Å². The Morgan fingerprint density at radius 3 is 2.43 bits per heavy atom. The van der Waals surface area contributed by atoms with Crippen LogP contribution in [0.3, 0.4) is 0 Å². The van der Waals surface area contributed by atoms with Crippen molar-refractivity contribution in [1.82, 2.24) is 0 Å². The molecule has 4 rings (SSSR count). The summed E-state index contributed by atoms with van der Waals surface area (Å²) >= 11 is 0. The van der Waals surface area contributed by atoms with Crippen molar-refractivity contribution >= 4 is 11.6 Å². The van der Waals surface area contributed by atoms with Gasteiger partial charge in [0.05, 0.1) is 0 Å². The van der Waals surface area contributed by atoms with Crippen molar-refractivity contribution in [2.45, 2.75) is 26.7 Å². The van der Waals surface area contributed by atoms with E-state index in [9.17, 15) is 9.59 Å². The largest absolute Gasteiger partial charge is 0.293 e. The van der Waals surface area contributed by atoms with Crippen LogP contribution in [0.5, 0.6) is 0 Å². The summed E-state index contributed by atoms with van der Waals surface area (Å²) in [5, 5.41) is 0. The van der Waals surface area contributed by atoms with Crippen LogP contribution in [0.4, 0.5) is 0 Å². The van der Waals surface area contributed by atoms with E-state index in [-0.39, 0.29) is 11.6 Å². The number of carbonyl (C=O) groups excluding carboxylic acids is 2. The molecule has 104 valence electrons. The lowest BCUT2D eigenvalue weighted by Gasteiger charge is -2.18. The Morgan fingerprint density at radius 2 is 1.67 bits per heavy atom. The summed E-state index contributed by atoms with van der Waals surface area (Å²) in [4.78, 5) is 25.9. The summed E-state index contributed by atoms with van der Waals surface area (Å²) in [6.07, 6.45) is 1.10. The second kappa shape index (κ2) is 3.91. The van der Waals surface area contributed by atoms with Gasteiger partial charge in [0.25, 0.3) is 0 Å². The van der Waals surface area contributed by atoms with E-state index in [4.69, 9.17) is 0 Å². The molecule has 2 aromatic carbocycles. The van der Waals surface area contributed by atoms with Gasteiger partial charge in [0, 0.05) is 11.1 Å². The van der Waals surface area contributed by atoms with E-state index in [0.29, 0.717) is 12.8 Å². The first-order valence-electron chi connectivity index (χ1n) is 7.30. The van der Waals surface area contributed by atoms with Crippen LogP contribution in [-0.4, -0.2) is 11.6 Å². The minimum absolute atomic E-state index is 0.0121. The molecule has 1 spiro atoms. The SMILES string of the molecule is Cc1ccc2c(c1)CC1(Cc3cccc(C)c3C1=O)C2=O. The van der Waals surface area contributed by atoms with Gasteiger partial charge in [0.2, 0.25) is 0 Å². The van der Waals surface area contributed by atoms with E-state index >= 15 is 0 Å². The molecule has 0 fully saturated rings. The lowest BCUT2D eigenvalue weighted by molar-refractivity contribution is 0.0705. The van der Waals surface area contributed by atoms with Gasteiger partial charge in [-0.15, -0.1) is 0 Å². The molecule has 0 N–H and O–H groups in total. The minimum atomic E-state index is -0.870.